The van der Waals surface area contributed by atoms with E-state index < -0.39 is 6.10 Å². The molecule has 0 spiro atoms. The van der Waals surface area contributed by atoms with Crippen LogP contribution >= 0.6 is 15.9 Å². The number of carbonyl (C=O) groups is 1. The van der Waals surface area contributed by atoms with Gasteiger partial charge in [-0.2, -0.15) is 0 Å². The predicted octanol–water partition coefficient (Wildman–Crippen LogP) is 3.52. The van der Waals surface area contributed by atoms with Gasteiger partial charge in [0, 0.05) is 15.7 Å². The Morgan fingerprint density at radius 2 is 1.90 bits per heavy atom. The molecule has 2 N–H and O–H groups in total. The molecular formula is C16H16BrNO3. The molecule has 2 aromatic carbocycles. The van der Waals surface area contributed by atoms with Crippen LogP contribution < -0.4 is 10.1 Å². The predicted molar refractivity (Wildman–Crippen MR) is 85.3 cm³/mol. The first kappa shape index (κ1) is 15.5. The molecule has 0 fully saturated rings. The lowest BCUT2D eigenvalue weighted by Crippen LogP contribution is -2.20. The third-order valence-electron chi connectivity index (χ3n) is 2.86. The van der Waals surface area contributed by atoms with Crippen molar-refractivity contribution in [3.63, 3.8) is 0 Å². The van der Waals surface area contributed by atoms with Gasteiger partial charge in [-0.3, -0.25) is 4.79 Å². The molecule has 110 valence electrons. The summed E-state index contributed by atoms with van der Waals surface area (Å²) in [6, 6.07) is 14.4. The van der Waals surface area contributed by atoms with E-state index >= 15 is 0 Å². The molecule has 0 bridgehead atoms. The Bertz CT molecular complexity index is 611. The Kier molecular flexibility index (Phi) is 5.36. The second-order valence-electron chi connectivity index (χ2n) is 4.56. The molecule has 0 heterocycles. The number of aliphatic hydroxyl groups is 1. The van der Waals surface area contributed by atoms with Crippen molar-refractivity contribution in [3.05, 3.63) is 58.6 Å². The number of rotatable bonds is 5. The van der Waals surface area contributed by atoms with Gasteiger partial charge in [0.1, 0.15) is 5.75 Å². The molecule has 1 amide bonds. The number of para-hydroxylation sites is 1. The van der Waals surface area contributed by atoms with E-state index in [0.29, 0.717) is 17.0 Å². The molecule has 5 heteroatoms. The lowest BCUT2D eigenvalue weighted by Gasteiger charge is -2.13. The number of anilines is 1. The van der Waals surface area contributed by atoms with Gasteiger partial charge in [-0.05, 0) is 37.3 Å². The monoisotopic (exact) mass is 349 g/mol. The van der Waals surface area contributed by atoms with Crippen LogP contribution in [0.15, 0.2) is 53.0 Å². The van der Waals surface area contributed by atoms with E-state index in [0.717, 1.165) is 4.47 Å². The number of halogens is 1. The largest absolute Gasteiger partial charge is 0.483 e. The SMILES string of the molecule is C[C@@H](O)c1ccccc1OCC(=O)Nc1ccc(Br)cc1. The summed E-state index contributed by atoms with van der Waals surface area (Å²) in [7, 11) is 0. The standard InChI is InChI=1S/C16H16BrNO3/c1-11(19)14-4-2-3-5-15(14)21-10-16(20)18-13-8-6-12(17)7-9-13/h2-9,11,19H,10H2,1H3,(H,18,20)/t11-/m1/s1. The van der Waals surface area contributed by atoms with Gasteiger partial charge in [0.25, 0.3) is 5.91 Å². The number of nitrogens with one attached hydrogen (secondary N) is 1. The fourth-order valence-corrected chi connectivity index (χ4v) is 2.10. The summed E-state index contributed by atoms with van der Waals surface area (Å²) in [5, 5.41) is 12.4. The molecule has 1 atom stereocenters. The number of hydrogen-bond donors (Lipinski definition) is 2. The number of carbonyl (C=O) groups excluding carboxylic acids is 1. The van der Waals surface area contributed by atoms with Crippen molar-refractivity contribution in [3.8, 4) is 5.75 Å². The molecule has 0 saturated heterocycles. The highest BCUT2D eigenvalue weighted by Gasteiger charge is 2.10. The van der Waals surface area contributed by atoms with Crippen molar-refractivity contribution in [1.29, 1.82) is 0 Å². The van der Waals surface area contributed by atoms with Crippen LogP contribution in [0.1, 0.15) is 18.6 Å². The lowest BCUT2D eigenvalue weighted by molar-refractivity contribution is -0.118. The maximum atomic E-state index is 11.8. The van der Waals surface area contributed by atoms with Crippen molar-refractivity contribution < 1.29 is 14.6 Å². The van der Waals surface area contributed by atoms with E-state index in [2.05, 4.69) is 21.2 Å². The maximum absolute atomic E-state index is 11.8. The van der Waals surface area contributed by atoms with Crippen molar-refractivity contribution in [2.24, 2.45) is 0 Å². The number of amides is 1. The fourth-order valence-electron chi connectivity index (χ4n) is 1.83. The molecular weight excluding hydrogens is 334 g/mol. The average molecular weight is 350 g/mol. The Balaban J connectivity index is 1.94. The van der Waals surface area contributed by atoms with Crippen molar-refractivity contribution in [2.45, 2.75) is 13.0 Å². The molecule has 0 aliphatic carbocycles. The van der Waals surface area contributed by atoms with Crippen molar-refractivity contribution >= 4 is 27.5 Å². The van der Waals surface area contributed by atoms with Gasteiger partial charge in [0.15, 0.2) is 6.61 Å². The van der Waals surface area contributed by atoms with Gasteiger partial charge in [-0.15, -0.1) is 0 Å². The minimum Gasteiger partial charge on any atom is -0.483 e. The average Bonchev–Trinajstić information content (AvgIpc) is 2.48. The Morgan fingerprint density at radius 1 is 1.24 bits per heavy atom. The topological polar surface area (TPSA) is 58.6 Å². The Morgan fingerprint density at radius 3 is 2.57 bits per heavy atom. The van der Waals surface area contributed by atoms with E-state index in [1.807, 2.05) is 18.2 Å². The van der Waals surface area contributed by atoms with Gasteiger partial charge >= 0.3 is 0 Å². The van der Waals surface area contributed by atoms with Crippen LogP contribution in [0.2, 0.25) is 0 Å². The fraction of sp³-hybridized carbons (Fsp3) is 0.188. The van der Waals surface area contributed by atoms with Crippen LogP contribution in [0, 0.1) is 0 Å². The highest BCUT2D eigenvalue weighted by molar-refractivity contribution is 9.10. The van der Waals surface area contributed by atoms with Crippen molar-refractivity contribution in [2.75, 3.05) is 11.9 Å². The second kappa shape index (κ2) is 7.24. The van der Waals surface area contributed by atoms with Crippen LogP contribution in [0.3, 0.4) is 0 Å². The third kappa shape index (κ3) is 4.58. The van der Waals surface area contributed by atoms with Gasteiger partial charge < -0.3 is 15.2 Å². The molecule has 2 aromatic rings. The summed E-state index contributed by atoms with van der Waals surface area (Å²) in [4.78, 5) is 11.8. The van der Waals surface area contributed by atoms with Gasteiger partial charge in [-0.25, -0.2) is 0 Å². The molecule has 0 aromatic heterocycles. The van der Waals surface area contributed by atoms with Crippen LogP contribution in [-0.2, 0) is 4.79 Å². The van der Waals surface area contributed by atoms with E-state index in [-0.39, 0.29) is 12.5 Å². The van der Waals surface area contributed by atoms with E-state index in [1.165, 1.54) is 0 Å². The molecule has 0 aliphatic heterocycles. The second-order valence-corrected chi connectivity index (χ2v) is 5.47. The summed E-state index contributed by atoms with van der Waals surface area (Å²) in [6.07, 6.45) is -0.643. The maximum Gasteiger partial charge on any atom is 0.262 e. The number of ether oxygens (including phenoxy) is 1. The Hall–Kier alpha value is -1.85. The van der Waals surface area contributed by atoms with Crippen LogP contribution in [0.5, 0.6) is 5.75 Å². The first-order valence-electron chi connectivity index (χ1n) is 6.51. The summed E-state index contributed by atoms with van der Waals surface area (Å²) >= 11 is 3.33. The molecule has 0 unspecified atom stereocenters. The third-order valence-corrected chi connectivity index (χ3v) is 3.38. The molecule has 0 aliphatic rings. The Labute approximate surface area is 131 Å². The van der Waals surface area contributed by atoms with Gasteiger partial charge in [-0.1, -0.05) is 34.1 Å². The molecule has 21 heavy (non-hydrogen) atoms. The number of aliphatic hydroxyl groups excluding tert-OH is 1. The molecule has 0 radical (unpaired) electrons. The van der Waals surface area contributed by atoms with Crippen LogP contribution in [0.4, 0.5) is 5.69 Å². The van der Waals surface area contributed by atoms with Crippen LogP contribution in [-0.4, -0.2) is 17.6 Å². The first-order chi connectivity index (χ1) is 10.1. The molecule has 4 nitrogen and oxygen atoms in total. The zero-order valence-corrected chi connectivity index (χ0v) is 13.1. The minimum atomic E-state index is -0.643. The highest BCUT2D eigenvalue weighted by atomic mass is 79.9. The quantitative estimate of drug-likeness (QED) is 0.868. The normalized spacial score (nSPS) is 11.8. The highest BCUT2D eigenvalue weighted by Crippen LogP contribution is 2.24. The van der Waals surface area contributed by atoms with Gasteiger partial charge in [0.05, 0.1) is 6.10 Å². The molecule has 2 rings (SSSR count). The number of benzene rings is 2. The summed E-state index contributed by atoms with van der Waals surface area (Å²) < 4.78 is 6.42. The smallest absolute Gasteiger partial charge is 0.262 e. The zero-order chi connectivity index (χ0) is 15.2. The first-order valence-corrected chi connectivity index (χ1v) is 7.31. The summed E-state index contributed by atoms with van der Waals surface area (Å²) in [5.41, 5.74) is 1.37. The number of hydrogen-bond acceptors (Lipinski definition) is 3. The van der Waals surface area contributed by atoms with E-state index in [1.54, 1.807) is 37.3 Å². The molecule has 0 saturated carbocycles. The van der Waals surface area contributed by atoms with Crippen LogP contribution in [0.25, 0.3) is 0 Å². The lowest BCUT2D eigenvalue weighted by atomic mass is 10.1. The van der Waals surface area contributed by atoms with E-state index in [4.69, 9.17) is 4.74 Å². The minimum absolute atomic E-state index is 0.111. The zero-order valence-electron chi connectivity index (χ0n) is 11.5. The summed E-state index contributed by atoms with van der Waals surface area (Å²) in [6.45, 7) is 1.55. The van der Waals surface area contributed by atoms with Gasteiger partial charge in [0.2, 0.25) is 0 Å². The van der Waals surface area contributed by atoms with Crippen molar-refractivity contribution in [1.82, 2.24) is 0 Å². The summed E-state index contributed by atoms with van der Waals surface area (Å²) in [5.74, 6) is 0.260. The van der Waals surface area contributed by atoms with E-state index in [9.17, 15) is 9.90 Å².